The van der Waals surface area contributed by atoms with E-state index < -0.39 is 0 Å². The van der Waals surface area contributed by atoms with Gasteiger partial charge in [-0.2, -0.15) is 0 Å². The molecule has 20 heavy (non-hydrogen) atoms. The van der Waals surface area contributed by atoms with Crippen LogP contribution < -0.4 is 5.73 Å². The lowest BCUT2D eigenvalue weighted by Gasteiger charge is -2.35. The zero-order valence-electron chi connectivity index (χ0n) is 11.4. The van der Waals surface area contributed by atoms with Gasteiger partial charge in [-0.25, -0.2) is 0 Å². The summed E-state index contributed by atoms with van der Waals surface area (Å²) >= 11 is 9.49. The minimum Gasteiger partial charge on any atom is -0.338 e. The van der Waals surface area contributed by atoms with Crippen LogP contribution in [0.4, 0.5) is 0 Å². The number of aryl methyl sites for hydroxylation is 1. The van der Waals surface area contributed by atoms with E-state index in [1.165, 1.54) is 6.42 Å². The summed E-state index contributed by atoms with van der Waals surface area (Å²) in [7, 11) is 0. The molecule has 110 valence electrons. The Hall–Kier alpha value is -0.580. The lowest BCUT2D eigenvalue weighted by atomic mass is 10.0. The summed E-state index contributed by atoms with van der Waals surface area (Å²) in [6, 6.07) is 5.90. The highest BCUT2D eigenvalue weighted by Crippen LogP contribution is 2.23. The van der Waals surface area contributed by atoms with Gasteiger partial charge in [0.2, 0.25) is 5.91 Å². The molecule has 0 radical (unpaired) electrons. The molecule has 3 nitrogen and oxygen atoms in total. The maximum Gasteiger partial charge on any atom is 0.223 e. The molecule has 2 rings (SSSR count). The molecule has 0 aromatic heterocycles. The first-order valence-corrected chi connectivity index (χ1v) is 8.22. The normalized spacial score (nSPS) is 19.1. The molecule has 1 atom stereocenters. The quantitative estimate of drug-likeness (QED) is 0.896. The Balaban J connectivity index is 1.95. The first kappa shape index (κ1) is 15.8. The molecule has 1 fully saturated rings. The topological polar surface area (TPSA) is 46.3 Å². The van der Waals surface area contributed by atoms with E-state index in [0.717, 1.165) is 29.4 Å². The van der Waals surface area contributed by atoms with Gasteiger partial charge in [0.25, 0.3) is 0 Å². The Morgan fingerprint density at radius 1 is 1.45 bits per heavy atom. The van der Waals surface area contributed by atoms with Crippen molar-refractivity contribution in [2.24, 2.45) is 5.73 Å². The van der Waals surface area contributed by atoms with Crippen molar-refractivity contribution in [1.29, 1.82) is 0 Å². The fourth-order valence-corrected chi connectivity index (χ4v) is 3.33. The third-order valence-electron chi connectivity index (χ3n) is 3.84. The summed E-state index contributed by atoms with van der Waals surface area (Å²) in [5.41, 5.74) is 6.84. The zero-order valence-corrected chi connectivity index (χ0v) is 13.8. The minimum atomic E-state index is 0.201. The summed E-state index contributed by atoms with van der Waals surface area (Å²) in [5.74, 6) is 0.201. The van der Waals surface area contributed by atoms with Crippen molar-refractivity contribution >= 4 is 33.4 Å². The van der Waals surface area contributed by atoms with Gasteiger partial charge in [0.05, 0.1) is 0 Å². The van der Waals surface area contributed by atoms with Crippen LogP contribution in [0.3, 0.4) is 0 Å². The number of likely N-dealkylation sites (tertiary alicyclic amines) is 1. The minimum absolute atomic E-state index is 0.201. The van der Waals surface area contributed by atoms with E-state index in [4.69, 9.17) is 17.3 Å². The molecule has 0 spiro atoms. The van der Waals surface area contributed by atoms with Gasteiger partial charge in [-0.05, 0) is 49.4 Å². The SMILES string of the molecule is NCC1CCCCN1C(=O)CCc1cc(Cl)ccc1Br. The van der Waals surface area contributed by atoms with Crippen molar-refractivity contribution in [3.63, 3.8) is 0 Å². The number of halogens is 2. The van der Waals surface area contributed by atoms with Gasteiger partial charge in [-0.15, -0.1) is 0 Å². The maximum absolute atomic E-state index is 12.4. The van der Waals surface area contributed by atoms with Crippen LogP contribution in [-0.2, 0) is 11.2 Å². The van der Waals surface area contributed by atoms with Gasteiger partial charge >= 0.3 is 0 Å². The molecular formula is C15H20BrClN2O. The molecule has 0 aliphatic carbocycles. The van der Waals surface area contributed by atoms with Crippen molar-refractivity contribution < 1.29 is 4.79 Å². The number of hydrogen-bond acceptors (Lipinski definition) is 2. The van der Waals surface area contributed by atoms with Crippen LogP contribution in [0.1, 0.15) is 31.2 Å². The monoisotopic (exact) mass is 358 g/mol. The number of carbonyl (C=O) groups excluding carboxylic acids is 1. The molecule has 1 aromatic carbocycles. The Kier molecular flexibility index (Phi) is 5.87. The summed E-state index contributed by atoms with van der Waals surface area (Å²) in [6.07, 6.45) is 4.50. The number of hydrogen-bond donors (Lipinski definition) is 1. The van der Waals surface area contributed by atoms with Crippen molar-refractivity contribution in [3.05, 3.63) is 33.3 Å². The van der Waals surface area contributed by atoms with E-state index in [-0.39, 0.29) is 11.9 Å². The predicted molar refractivity (Wildman–Crippen MR) is 85.9 cm³/mol. The average Bonchev–Trinajstić information content (AvgIpc) is 2.47. The molecule has 2 N–H and O–H groups in total. The van der Waals surface area contributed by atoms with Crippen molar-refractivity contribution in [2.45, 2.75) is 38.1 Å². The molecule has 1 aliphatic heterocycles. The van der Waals surface area contributed by atoms with Gasteiger partial charge in [-0.3, -0.25) is 4.79 Å². The van der Waals surface area contributed by atoms with Gasteiger partial charge in [0, 0.05) is 35.0 Å². The average molecular weight is 360 g/mol. The smallest absolute Gasteiger partial charge is 0.223 e. The second kappa shape index (κ2) is 7.43. The van der Waals surface area contributed by atoms with Crippen LogP contribution in [-0.4, -0.2) is 29.9 Å². The van der Waals surface area contributed by atoms with Gasteiger partial charge in [-0.1, -0.05) is 27.5 Å². The number of benzene rings is 1. The fourth-order valence-electron chi connectivity index (χ4n) is 2.69. The highest BCUT2D eigenvalue weighted by molar-refractivity contribution is 9.10. The summed E-state index contributed by atoms with van der Waals surface area (Å²) in [4.78, 5) is 14.3. The second-order valence-electron chi connectivity index (χ2n) is 5.21. The number of carbonyl (C=O) groups is 1. The van der Waals surface area contributed by atoms with E-state index in [2.05, 4.69) is 15.9 Å². The number of nitrogens with two attached hydrogens (primary N) is 1. The number of amides is 1. The Labute approximate surface area is 133 Å². The van der Waals surface area contributed by atoms with Gasteiger partial charge in [0.15, 0.2) is 0 Å². The summed E-state index contributed by atoms with van der Waals surface area (Å²) in [5, 5.41) is 0.702. The maximum atomic E-state index is 12.4. The van der Waals surface area contributed by atoms with E-state index in [0.29, 0.717) is 24.4 Å². The number of piperidine rings is 1. The van der Waals surface area contributed by atoms with E-state index in [1.807, 2.05) is 23.1 Å². The molecule has 1 unspecified atom stereocenters. The highest BCUT2D eigenvalue weighted by atomic mass is 79.9. The standard InChI is InChI=1S/C15H20BrClN2O/c16-14-6-5-12(17)9-11(14)4-7-15(20)19-8-2-1-3-13(19)10-18/h5-6,9,13H,1-4,7-8,10,18H2. The molecule has 1 aromatic rings. The predicted octanol–water partition coefficient (Wildman–Crippen LogP) is 3.37. The molecule has 0 bridgehead atoms. The van der Waals surface area contributed by atoms with Gasteiger partial charge in [0.1, 0.15) is 0 Å². The first-order chi connectivity index (χ1) is 9.61. The Bertz CT molecular complexity index is 481. The summed E-state index contributed by atoms with van der Waals surface area (Å²) < 4.78 is 1.00. The fraction of sp³-hybridized carbons (Fsp3) is 0.533. The Morgan fingerprint density at radius 3 is 3.00 bits per heavy atom. The van der Waals surface area contributed by atoms with E-state index in [9.17, 15) is 4.79 Å². The van der Waals surface area contributed by atoms with Crippen molar-refractivity contribution in [1.82, 2.24) is 4.90 Å². The van der Waals surface area contributed by atoms with Crippen molar-refractivity contribution in [3.8, 4) is 0 Å². The van der Waals surface area contributed by atoms with Crippen LogP contribution in [0.2, 0.25) is 5.02 Å². The lowest BCUT2D eigenvalue weighted by Crippen LogP contribution is -2.47. The third-order valence-corrected chi connectivity index (χ3v) is 4.84. The molecule has 0 saturated carbocycles. The Morgan fingerprint density at radius 2 is 2.25 bits per heavy atom. The van der Waals surface area contributed by atoms with E-state index in [1.54, 1.807) is 0 Å². The largest absolute Gasteiger partial charge is 0.338 e. The lowest BCUT2D eigenvalue weighted by molar-refractivity contribution is -0.134. The molecule has 1 saturated heterocycles. The molecule has 1 heterocycles. The van der Waals surface area contributed by atoms with Gasteiger partial charge < -0.3 is 10.6 Å². The highest BCUT2D eigenvalue weighted by Gasteiger charge is 2.25. The zero-order chi connectivity index (χ0) is 14.5. The summed E-state index contributed by atoms with van der Waals surface area (Å²) in [6.45, 7) is 1.41. The molecule has 5 heteroatoms. The number of rotatable bonds is 4. The van der Waals surface area contributed by atoms with Crippen molar-refractivity contribution in [2.75, 3.05) is 13.1 Å². The molecule has 1 aliphatic rings. The second-order valence-corrected chi connectivity index (χ2v) is 6.50. The molecular weight excluding hydrogens is 340 g/mol. The van der Waals surface area contributed by atoms with Crippen LogP contribution in [0, 0.1) is 0 Å². The van der Waals surface area contributed by atoms with Crippen LogP contribution >= 0.6 is 27.5 Å². The van der Waals surface area contributed by atoms with E-state index >= 15 is 0 Å². The third kappa shape index (κ3) is 3.96. The van der Waals surface area contributed by atoms with Crippen LogP contribution in [0.25, 0.3) is 0 Å². The number of nitrogens with zero attached hydrogens (tertiary/aromatic N) is 1. The first-order valence-electron chi connectivity index (χ1n) is 7.05. The van der Waals surface area contributed by atoms with Crippen LogP contribution in [0.5, 0.6) is 0 Å². The molecule has 1 amide bonds. The van der Waals surface area contributed by atoms with Crippen LogP contribution in [0.15, 0.2) is 22.7 Å².